The van der Waals surface area contributed by atoms with Crippen LogP contribution in [0.15, 0.2) is 24.5 Å². The van der Waals surface area contributed by atoms with Gasteiger partial charge in [-0.25, -0.2) is 9.48 Å². The maximum atomic E-state index is 11.9. The summed E-state index contributed by atoms with van der Waals surface area (Å²) in [5.41, 5.74) is 1.73. The van der Waals surface area contributed by atoms with Crippen LogP contribution in [-0.2, 0) is 16.0 Å². The van der Waals surface area contributed by atoms with E-state index in [4.69, 9.17) is 9.47 Å². The largest absolute Gasteiger partial charge is 0.464 e. The molecule has 2 aromatic rings. The van der Waals surface area contributed by atoms with Crippen molar-refractivity contribution in [1.82, 2.24) is 20.0 Å². The minimum Gasteiger partial charge on any atom is -0.464 e. The molecule has 0 spiro atoms. The predicted octanol–water partition coefficient (Wildman–Crippen LogP) is 1.16. The highest BCUT2D eigenvalue weighted by atomic mass is 16.5. The summed E-state index contributed by atoms with van der Waals surface area (Å²) in [5.74, 6) is -0.103. The standard InChI is InChI=1S/C14H16N4O3/c1-20-14(19)12-13(11-2-5-15-6-3-11)18(17-16-12)8-10-4-7-21-9-10/h2-3,5-6,10H,4,7-9H2,1H3. The number of ether oxygens (including phenoxy) is 2. The van der Waals surface area contributed by atoms with E-state index in [2.05, 4.69) is 15.3 Å². The van der Waals surface area contributed by atoms with Gasteiger partial charge >= 0.3 is 5.97 Å². The molecule has 0 bridgehead atoms. The van der Waals surface area contributed by atoms with Crippen molar-refractivity contribution in [2.45, 2.75) is 13.0 Å². The molecule has 21 heavy (non-hydrogen) atoms. The molecule has 1 aliphatic rings. The molecule has 0 N–H and O–H groups in total. The molecule has 2 aromatic heterocycles. The highest BCUT2D eigenvalue weighted by Crippen LogP contribution is 2.24. The Morgan fingerprint density at radius 3 is 2.95 bits per heavy atom. The van der Waals surface area contributed by atoms with E-state index >= 15 is 0 Å². The lowest BCUT2D eigenvalue weighted by Gasteiger charge is -2.11. The molecule has 1 atom stereocenters. The zero-order valence-corrected chi connectivity index (χ0v) is 11.7. The van der Waals surface area contributed by atoms with Gasteiger partial charge in [0.05, 0.1) is 13.7 Å². The van der Waals surface area contributed by atoms with Gasteiger partial charge in [0.1, 0.15) is 5.69 Å². The normalized spacial score (nSPS) is 17.9. The number of carbonyl (C=O) groups is 1. The second kappa shape index (κ2) is 6.01. The molecular formula is C14H16N4O3. The van der Waals surface area contributed by atoms with Crippen LogP contribution in [0.25, 0.3) is 11.3 Å². The van der Waals surface area contributed by atoms with Crippen molar-refractivity contribution in [3.63, 3.8) is 0 Å². The molecule has 7 heteroatoms. The molecule has 0 saturated carbocycles. The van der Waals surface area contributed by atoms with Gasteiger partial charge in [-0.1, -0.05) is 5.21 Å². The quantitative estimate of drug-likeness (QED) is 0.786. The number of methoxy groups -OCH3 is 1. The van der Waals surface area contributed by atoms with Crippen molar-refractivity contribution in [3.8, 4) is 11.3 Å². The molecule has 110 valence electrons. The molecule has 1 saturated heterocycles. The summed E-state index contributed by atoms with van der Waals surface area (Å²) in [6.45, 7) is 2.15. The molecule has 1 fully saturated rings. The van der Waals surface area contributed by atoms with Crippen LogP contribution in [0.4, 0.5) is 0 Å². The van der Waals surface area contributed by atoms with E-state index in [0.29, 0.717) is 24.8 Å². The second-order valence-electron chi connectivity index (χ2n) is 4.93. The summed E-state index contributed by atoms with van der Waals surface area (Å²) >= 11 is 0. The number of hydrogen-bond donors (Lipinski definition) is 0. The Hall–Kier alpha value is -2.28. The van der Waals surface area contributed by atoms with E-state index in [-0.39, 0.29) is 5.69 Å². The second-order valence-corrected chi connectivity index (χ2v) is 4.93. The van der Waals surface area contributed by atoms with E-state index in [1.165, 1.54) is 7.11 Å². The minimum absolute atomic E-state index is 0.225. The maximum absolute atomic E-state index is 11.9. The summed E-state index contributed by atoms with van der Waals surface area (Å²) in [6, 6.07) is 3.65. The number of esters is 1. The number of carbonyl (C=O) groups excluding carboxylic acids is 1. The average Bonchev–Trinajstić information content (AvgIpc) is 3.17. The Labute approximate surface area is 121 Å². The number of aromatic nitrogens is 4. The van der Waals surface area contributed by atoms with Gasteiger partial charge < -0.3 is 9.47 Å². The summed E-state index contributed by atoms with van der Waals surface area (Å²) < 4.78 is 11.9. The third-order valence-corrected chi connectivity index (χ3v) is 3.52. The lowest BCUT2D eigenvalue weighted by molar-refractivity contribution is 0.0595. The van der Waals surface area contributed by atoms with Crippen LogP contribution in [0.2, 0.25) is 0 Å². The first kappa shape index (κ1) is 13.7. The summed E-state index contributed by atoms with van der Waals surface area (Å²) in [7, 11) is 1.34. The SMILES string of the molecule is COC(=O)c1nnn(CC2CCOC2)c1-c1ccncc1. The Morgan fingerprint density at radius 1 is 1.48 bits per heavy atom. The molecule has 3 heterocycles. The summed E-state index contributed by atoms with van der Waals surface area (Å²) in [5, 5.41) is 8.10. The number of rotatable bonds is 4. The lowest BCUT2D eigenvalue weighted by Crippen LogP contribution is -2.14. The Morgan fingerprint density at radius 2 is 2.29 bits per heavy atom. The number of pyridine rings is 1. The Balaban J connectivity index is 1.99. The minimum atomic E-state index is -0.490. The fraction of sp³-hybridized carbons (Fsp3) is 0.429. The zero-order chi connectivity index (χ0) is 14.7. The van der Waals surface area contributed by atoms with Crippen molar-refractivity contribution in [2.24, 2.45) is 5.92 Å². The number of hydrogen-bond acceptors (Lipinski definition) is 6. The zero-order valence-electron chi connectivity index (χ0n) is 11.7. The highest BCUT2D eigenvalue weighted by Gasteiger charge is 2.24. The van der Waals surface area contributed by atoms with Crippen LogP contribution in [-0.4, -0.2) is 46.3 Å². The van der Waals surface area contributed by atoms with Crippen molar-refractivity contribution >= 4 is 5.97 Å². The maximum Gasteiger partial charge on any atom is 0.360 e. The topological polar surface area (TPSA) is 79.1 Å². The highest BCUT2D eigenvalue weighted by molar-refractivity contribution is 5.93. The van der Waals surface area contributed by atoms with Gasteiger partial charge in [-0.2, -0.15) is 0 Å². The van der Waals surface area contributed by atoms with Gasteiger partial charge in [-0.15, -0.1) is 5.10 Å². The molecule has 1 unspecified atom stereocenters. The monoisotopic (exact) mass is 288 g/mol. The Bertz CT molecular complexity index is 620. The molecule has 3 rings (SSSR count). The van der Waals surface area contributed by atoms with Gasteiger partial charge in [0.2, 0.25) is 0 Å². The van der Waals surface area contributed by atoms with Crippen LogP contribution in [0, 0.1) is 5.92 Å². The van der Waals surface area contributed by atoms with Gasteiger partial charge in [0, 0.05) is 37.0 Å². The van der Waals surface area contributed by atoms with Crippen molar-refractivity contribution in [2.75, 3.05) is 20.3 Å². The third-order valence-electron chi connectivity index (χ3n) is 3.52. The van der Waals surface area contributed by atoms with Crippen LogP contribution in [0.3, 0.4) is 0 Å². The van der Waals surface area contributed by atoms with Crippen molar-refractivity contribution < 1.29 is 14.3 Å². The van der Waals surface area contributed by atoms with Gasteiger partial charge in [0.15, 0.2) is 5.69 Å². The number of nitrogens with zero attached hydrogens (tertiary/aromatic N) is 4. The van der Waals surface area contributed by atoms with E-state index in [1.54, 1.807) is 17.1 Å². The lowest BCUT2D eigenvalue weighted by atomic mass is 10.1. The molecule has 0 amide bonds. The van der Waals surface area contributed by atoms with E-state index in [1.807, 2.05) is 12.1 Å². The van der Waals surface area contributed by atoms with E-state index < -0.39 is 5.97 Å². The van der Waals surface area contributed by atoms with Crippen molar-refractivity contribution in [3.05, 3.63) is 30.2 Å². The van der Waals surface area contributed by atoms with Crippen LogP contribution >= 0.6 is 0 Å². The van der Waals surface area contributed by atoms with Crippen LogP contribution in [0.1, 0.15) is 16.9 Å². The predicted molar refractivity (Wildman–Crippen MR) is 73.5 cm³/mol. The molecule has 0 aromatic carbocycles. The average molecular weight is 288 g/mol. The first-order valence-corrected chi connectivity index (χ1v) is 6.79. The first-order chi connectivity index (χ1) is 10.3. The fourth-order valence-electron chi connectivity index (χ4n) is 2.44. The Kier molecular flexibility index (Phi) is 3.92. The summed E-state index contributed by atoms with van der Waals surface area (Å²) in [4.78, 5) is 15.9. The fourth-order valence-corrected chi connectivity index (χ4v) is 2.44. The molecule has 0 radical (unpaired) electrons. The van der Waals surface area contributed by atoms with E-state index in [0.717, 1.165) is 18.6 Å². The smallest absolute Gasteiger partial charge is 0.360 e. The molecule has 1 aliphatic heterocycles. The summed E-state index contributed by atoms with van der Waals surface area (Å²) in [6.07, 6.45) is 4.34. The van der Waals surface area contributed by atoms with Gasteiger partial charge in [-0.3, -0.25) is 4.98 Å². The van der Waals surface area contributed by atoms with Crippen molar-refractivity contribution in [1.29, 1.82) is 0 Å². The van der Waals surface area contributed by atoms with Gasteiger partial charge in [0.25, 0.3) is 0 Å². The molecule has 7 nitrogen and oxygen atoms in total. The molecular weight excluding hydrogens is 272 g/mol. The van der Waals surface area contributed by atoms with Crippen LogP contribution in [0.5, 0.6) is 0 Å². The van der Waals surface area contributed by atoms with Gasteiger partial charge in [-0.05, 0) is 18.6 Å². The first-order valence-electron chi connectivity index (χ1n) is 6.79. The van der Waals surface area contributed by atoms with E-state index in [9.17, 15) is 4.79 Å². The molecule has 0 aliphatic carbocycles. The third kappa shape index (κ3) is 2.78. The van der Waals surface area contributed by atoms with Crippen LogP contribution < -0.4 is 0 Å².